The van der Waals surface area contributed by atoms with Crippen LogP contribution in [0.1, 0.15) is 34.5 Å². The van der Waals surface area contributed by atoms with Gasteiger partial charge in [-0.3, -0.25) is 4.79 Å². The van der Waals surface area contributed by atoms with E-state index in [-0.39, 0.29) is 11.6 Å². The lowest BCUT2D eigenvalue weighted by Gasteiger charge is -2.28. The summed E-state index contributed by atoms with van der Waals surface area (Å²) in [6.45, 7) is 4.63. The van der Waals surface area contributed by atoms with Gasteiger partial charge in [0.2, 0.25) is 5.91 Å². The lowest BCUT2D eigenvalue weighted by molar-refractivity contribution is -0.132. The van der Waals surface area contributed by atoms with Gasteiger partial charge in [-0.25, -0.2) is 4.79 Å². The molecule has 1 aromatic heterocycles. The number of hydrogen-bond acceptors (Lipinski definition) is 4. The molecular formula is C23H23N3O3. The topological polar surface area (TPSA) is 75.3 Å². The minimum Gasteiger partial charge on any atom is -0.457 e. The van der Waals surface area contributed by atoms with E-state index in [1.54, 1.807) is 0 Å². The van der Waals surface area contributed by atoms with Crippen LogP contribution in [0.25, 0.3) is 0 Å². The van der Waals surface area contributed by atoms with Gasteiger partial charge in [-0.1, -0.05) is 36.4 Å². The third kappa shape index (κ3) is 4.06. The van der Waals surface area contributed by atoms with Crippen molar-refractivity contribution in [3.05, 3.63) is 87.1 Å². The summed E-state index contributed by atoms with van der Waals surface area (Å²) in [4.78, 5) is 33.2. The quantitative estimate of drug-likeness (QED) is 0.742. The van der Waals surface area contributed by atoms with Gasteiger partial charge < -0.3 is 14.6 Å². The molecule has 0 saturated heterocycles. The van der Waals surface area contributed by atoms with Gasteiger partial charge in [0.05, 0.1) is 0 Å². The summed E-state index contributed by atoms with van der Waals surface area (Å²) in [5, 5.41) is 0. The lowest BCUT2D eigenvalue weighted by Crippen LogP contribution is -2.31. The highest BCUT2D eigenvalue weighted by atomic mass is 16.5. The molecule has 0 bridgehead atoms. The average molecular weight is 389 g/mol. The average Bonchev–Trinajstić information content (AvgIpc) is 2.67. The van der Waals surface area contributed by atoms with E-state index in [4.69, 9.17) is 4.74 Å². The first kappa shape index (κ1) is 18.9. The van der Waals surface area contributed by atoms with E-state index in [0.717, 1.165) is 33.9 Å². The predicted octanol–water partition coefficient (Wildman–Crippen LogP) is 3.65. The second-order valence-corrected chi connectivity index (χ2v) is 7.30. The van der Waals surface area contributed by atoms with Crippen LogP contribution in [-0.4, -0.2) is 20.8 Å². The predicted molar refractivity (Wildman–Crippen MR) is 110 cm³/mol. The normalized spacial score (nSPS) is 13.0. The molecule has 148 valence electrons. The van der Waals surface area contributed by atoms with Gasteiger partial charge in [-0.2, -0.15) is 4.98 Å². The minimum atomic E-state index is -0.355. The minimum absolute atomic E-state index is 0.0570. The fraction of sp³-hybridized carbons (Fsp3) is 0.261. The second-order valence-electron chi connectivity index (χ2n) is 7.30. The number of carbonyl (C=O) groups excluding carboxylic acids is 1. The lowest BCUT2D eigenvalue weighted by atomic mass is 10.0. The summed E-state index contributed by atoms with van der Waals surface area (Å²) in [6, 6.07) is 15.6. The molecule has 0 radical (unpaired) electrons. The molecule has 1 N–H and O–H groups in total. The van der Waals surface area contributed by atoms with Crippen molar-refractivity contribution >= 4 is 5.91 Å². The molecule has 0 unspecified atom stereocenters. The number of fused-ring (bicyclic) bond motifs is 2. The van der Waals surface area contributed by atoms with E-state index in [2.05, 4.69) is 9.97 Å². The number of rotatable bonds is 3. The molecular weight excluding hydrogens is 366 g/mol. The fourth-order valence-corrected chi connectivity index (χ4v) is 3.74. The molecule has 3 aromatic rings. The van der Waals surface area contributed by atoms with Crippen molar-refractivity contribution in [2.75, 3.05) is 0 Å². The Morgan fingerprint density at radius 3 is 2.21 bits per heavy atom. The Morgan fingerprint density at radius 1 is 1.03 bits per heavy atom. The maximum absolute atomic E-state index is 13.1. The Morgan fingerprint density at radius 2 is 1.62 bits per heavy atom. The van der Waals surface area contributed by atoms with Crippen LogP contribution in [0.3, 0.4) is 0 Å². The summed E-state index contributed by atoms with van der Waals surface area (Å²) >= 11 is 0. The van der Waals surface area contributed by atoms with Crippen molar-refractivity contribution in [2.24, 2.45) is 0 Å². The van der Waals surface area contributed by atoms with E-state index >= 15 is 0 Å². The van der Waals surface area contributed by atoms with Crippen LogP contribution in [0.4, 0.5) is 0 Å². The number of aromatic nitrogens is 2. The Labute approximate surface area is 169 Å². The molecule has 2 heterocycles. The number of para-hydroxylation sites is 2. The van der Waals surface area contributed by atoms with E-state index in [0.29, 0.717) is 31.6 Å². The number of H-pyrrole nitrogens is 1. The van der Waals surface area contributed by atoms with Crippen molar-refractivity contribution < 1.29 is 9.53 Å². The van der Waals surface area contributed by atoms with E-state index in [1.165, 1.54) is 0 Å². The number of carbonyl (C=O) groups is 1. The molecule has 6 nitrogen and oxygen atoms in total. The van der Waals surface area contributed by atoms with Crippen LogP contribution in [0, 0.1) is 13.8 Å². The fourth-order valence-electron chi connectivity index (χ4n) is 3.74. The Bertz CT molecular complexity index is 1050. The highest BCUT2D eigenvalue weighted by molar-refractivity contribution is 5.77. The number of aryl methyl sites for hydroxylation is 2. The van der Waals surface area contributed by atoms with Gasteiger partial charge in [0, 0.05) is 42.0 Å². The molecule has 0 spiro atoms. The van der Waals surface area contributed by atoms with Crippen LogP contribution in [0.2, 0.25) is 0 Å². The molecule has 0 atom stereocenters. The van der Waals surface area contributed by atoms with Crippen LogP contribution >= 0.6 is 0 Å². The number of amides is 1. The van der Waals surface area contributed by atoms with Crippen molar-refractivity contribution in [3.8, 4) is 11.5 Å². The molecule has 6 heteroatoms. The van der Waals surface area contributed by atoms with Gasteiger partial charge in [-0.15, -0.1) is 0 Å². The van der Waals surface area contributed by atoms with E-state index in [9.17, 15) is 9.59 Å². The Hall–Kier alpha value is -3.41. The van der Waals surface area contributed by atoms with Gasteiger partial charge >= 0.3 is 5.69 Å². The maximum Gasteiger partial charge on any atom is 0.345 e. The summed E-state index contributed by atoms with van der Waals surface area (Å²) in [6.07, 6.45) is 0.886. The highest BCUT2D eigenvalue weighted by Gasteiger charge is 2.22. The number of nitrogens with one attached hydrogen (secondary N) is 1. The third-order valence-electron chi connectivity index (χ3n) is 5.28. The SMILES string of the molecule is Cc1nc(=O)[nH]c(C)c1CCC(=O)N1Cc2ccccc2Oc2ccccc2C1. The number of benzene rings is 2. The zero-order valence-corrected chi connectivity index (χ0v) is 16.6. The van der Waals surface area contributed by atoms with E-state index < -0.39 is 0 Å². The Balaban J connectivity index is 1.59. The first-order chi connectivity index (χ1) is 14.0. The number of aromatic amines is 1. The van der Waals surface area contributed by atoms with Gasteiger partial charge in [0.25, 0.3) is 0 Å². The smallest absolute Gasteiger partial charge is 0.345 e. The molecule has 1 aliphatic heterocycles. The van der Waals surface area contributed by atoms with Crippen molar-refractivity contribution in [3.63, 3.8) is 0 Å². The maximum atomic E-state index is 13.1. The third-order valence-corrected chi connectivity index (χ3v) is 5.28. The molecule has 2 aromatic carbocycles. The van der Waals surface area contributed by atoms with E-state index in [1.807, 2.05) is 67.3 Å². The summed E-state index contributed by atoms with van der Waals surface area (Å²) < 4.78 is 6.10. The molecule has 1 amide bonds. The molecule has 4 rings (SSSR count). The summed E-state index contributed by atoms with van der Waals surface area (Å²) in [5.41, 5.74) is 3.98. The first-order valence-corrected chi connectivity index (χ1v) is 9.69. The zero-order valence-electron chi connectivity index (χ0n) is 16.6. The zero-order chi connectivity index (χ0) is 20.4. The van der Waals surface area contributed by atoms with Crippen molar-refractivity contribution in [2.45, 2.75) is 39.8 Å². The van der Waals surface area contributed by atoms with Crippen LogP contribution in [0.15, 0.2) is 53.3 Å². The summed E-state index contributed by atoms with van der Waals surface area (Å²) in [5.74, 6) is 1.60. The largest absolute Gasteiger partial charge is 0.457 e. The second kappa shape index (κ2) is 7.91. The Kier molecular flexibility index (Phi) is 5.16. The van der Waals surface area contributed by atoms with Crippen LogP contribution in [0.5, 0.6) is 11.5 Å². The number of hydrogen-bond donors (Lipinski definition) is 1. The van der Waals surface area contributed by atoms with Gasteiger partial charge in [0.15, 0.2) is 0 Å². The highest BCUT2D eigenvalue weighted by Crippen LogP contribution is 2.32. The first-order valence-electron chi connectivity index (χ1n) is 9.69. The van der Waals surface area contributed by atoms with Crippen molar-refractivity contribution in [1.82, 2.24) is 14.9 Å². The van der Waals surface area contributed by atoms with Gasteiger partial charge in [0.1, 0.15) is 11.5 Å². The standard InChI is InChI=1S/C23H23N3O3/c1-15-19(16(2)25-23(28)24-15)11-12-22(27)26-13-17-7-3-5-9-20(17)29-21-10-6-4-8-18(21)14-26/h3-10H,11-14H2,1-2H3,(H,24,25,28). The van der Waals surface area contributed by atoms with Crippen molar-refractivity contribution in [1.29, 1.82) is 0 Å². The molecule has 0 saturated carbocycles. The summed E-state index contributed by atoms with van der Waals surface area (Å²) in [7, 11) is 0. The van der Waals surface area contributed by atoms with Crippen LogP contribution in [-0.2, 0) is 24.3 Å². The number of nitrogens with zero attached hydrogens (tertiary/aromatic N) is 2. The monoisotopic (exact) mass is 389 g/mol. The molecule has 1 aliphatic rings. The molecule has 0 aliphatic carbocycles. The van der Waals surface area contributed by atoms with Crippen LogP contribution < -0.4 is 10.4 Å². The molecule has 0 fully saturated rings. The number of ether oxygens (including phenoxy) is 1. The van der Waals surface area contributed by atoms with Gasteiger partial charge in [-0.05, 0) is 38.0 Å². The molecule has 29 heavy (non-hydrogen) atoms.